The average molecular weight is 679 g/mol. The first-order valence-electron chi connectivity index (χ1n) is 16.1. The third-order valence-corrected chi connectivity index (χ3v) is 10.3. The monoisotopic (exact) mass is 678 g/mol. The van der Waals surface area contributed by atoms with Gasteiger partial charge in [0, 0.05) is 52.1 Å². The number of nitrogens with two attached hydrogens (primary N) is 1. The normalized spacial score (nSPS) is 22.0. The topological polar surface area (TPSA) is 172 Å². The van der Waals surface area contributed by atoms with Gasteiger partial charge in [0.15, 0.2) is 5.60 Å². The van der Waals surface area contributed by atoms with E-state index in [9.17, 15) is 24.0 Å². The Bertz CT molecular complexity index is 1960. The number of hydrogen-bond donors (Lipinski definition) is 4. The lowest BCUT2D eigenvalue weighted by molar-refractivity contribution is -0.129. The summed E-state index contributed by atoms with van der Waals surface area (Å²) < 4.78 is 1.06. The standard InChI is InChI=1S/C36H34N6O6S/c37-32(44)27(17-25-16-23-9-4-5-12-30(23)49-25)40-34(46)29-19-36(20-42(29)35(47)21-7-2-1-3-8-21)18-28(41-48-36)22-10-6-11-24(15-22)38-33(45)26-13-14-31(43)39-26/h1-12,15-16,26-27,29H,13-14,17-20H2,(H2,37,44)(H,38,45)(H,39,43)(H,40,46)/t26-,27?,29-,36?/m0/s1. The van der Waals surface area contributed by atoms with Gasteiger partial charge in [-0.15, -0.1) is 11.3 Å². The van der Waals surface area contributed by atoms with Crippen molar-refractivity contribution in [1.82, 2.24) is 15.5 Å². The quantitative estimate of drug-likeness (QED) is 0.212. The van der Waals surface area contributed by atoms with Crippen LogP contribution in [0.15, 0.2) is 90.1 Å². The molecule has 250 valence electrons. The van der Waals surface area contributed by atoms with Gasteiger partial charge in [-0.3, -0.25) is 24.0 Å². The van der Waals surface area contributed by atoms with E-state index in [1.54, 1.807) is 48.5 Å². The maximum atomic E-state index is 14.0. The lowest BCUT2D eigenvalue weighted by Crippen LogP contribution is -2.52. The van der Waals surface area contributed by atoms with Crippen molar-refractivity contribution >= 4 is 62.4 Å². The zero-order chi connectivity index (χ0) is 34.1. The number of amides is 5. The molecule has 4 aromatic rings. The first kappa shape index (κ1) is 32.0. The van der Waals surface area contributed by atoms with Crippen LogP contribution in [0.25, 0.3) is 10.1 Å². The first-order valence-corrected chi connectivity index (χ1v) is 16.9. The highest BCUT2D eigenvalue weighted by Gasteiger charge is 2.54. The minimum absolute atomic E-state index is 0.0845. The van der Waals surface area contributed by atoms with Crippen LogP contribution in [0.5, 0.6) is 0 Å². The van der Waals surface area contributed by atoms with Gasteiger partial charge in [0.2, 0.25) is 23.6 Å². The van der Waals surface area contributed by atoms with Gasteiger partial charge in [-0.2, -0.15) is 0 Å². The van der Waals surface area contributed by atoms with E-state index in [-0.39, 0.29) is 37.1 Å². The second-order valence-electron chi connectivity index (χ2n) is 12.7. The number of oxime groups is 1. The molecule has 1 aromatic heterocycles. The van der Waals surface area contributed by atoms with E-state index in [0.29, 0.717) is 41.8 Å². The molecule has 2 unspecified atom stereocenters. The number of primary amides is 1. The second-order valence-corrected chi connectivity index (χ2v) is 13.8. The third-order valence-electron chi connectivity index (χ3n) is 9.14. The Hall–Kier alpha value is -5.56. The van der Waals surface area contributed by atoms with Gasteiger partial charge in [0.05, 0.1) is 12.3 Å². The van der Waals surface area contributed by atoms with E-state index in [2.05, 4.69) is 21.1 Å². The van der Waals surface area contributed by atoms with Crippen molar-refractivity contribution < 1.29 is 28.8 Å². The third kappa shape index (κ3) is 6.74. The summed E-state index contributed by atoms with van der Waals surface area (Å²) in [6.45, 7) is 0.0845. The van der Waals surface area contributed by atoms with Crippen LogP contribution in [0.2, 0.25) is 0 Å². The molecule has 3 aliphatic heterocycles. The summed E-state index contributed by atoms with van der Waals surface area (Å²) in [6, 6.07) is 23.1. The summed E-state index contributed by atoms with van der Waals surface area (Å²) in [4.78, 5) is 73.1. The molecule has 49 heavy (non-hydrogen) atoms. The summed E-state index contributed by atoms with van der Waals surface area (Å²) in [5, 5.41) is 13.8. The zero-order valence-corrected chi connectivity index (χ0v) is 27.2. The fraction of sp³-hybridized carbons (Fsp3) is 0.278. The smallest absolute Gasteiger partial charge is 0.254 e. The van der Waals surface area contributed by atoms with Crippen molar-refractivity contribution in [2.75, 3.05) is 11.9 Å². The van der Waals surface area contributed by atoms with Crippen LogP contribution < -0.4 is 21.7 Å². The number of rotatable bonds is 9. The highest BCUT2D eigenvalue weighted by molar-refractivity contribution is 7.19. The molecule has 4 atom stereocenters. The number of benzene rings is 3. The van der Waals surface area contributed by atoms with Crippen LogP contribution in [0.3, 0.4) is 0 Å². The molecule has 0 bridgehead atoms. The van der Waals surface area contributed by atoms with Crippen LogP contribution in [0.4, 0.5) is 5.69 Å². The molecular formula is C36H34N6O6S. The molecule has 5 N–H and O–H groups in total. The summed E-state index contributed by atoms with van der Waals surface area (Å²) in [7, 11) is 0. The number of carbonyl (C=O) groups is 5. The van der Waals surface area contributed by atoms with Crippen molar-refractivity contribution in [3.63, 3.8) is 0 Å². The number of thiophene rings is 1. The Morgan fingerprint density at radius 1 is 1.02 bits per heavy atom. The lowest BCUT2D eigenvalue weighted by atomic mass is 9.91. The van der Waals surface area contributed by atoms with Gasteiger partial charge >= 0.3 is 0 Å². The molecular weight excluding hydrogens is 644 g/mol. The number of likely N-dealkylation sites (tertiary alicyclic amines) is 1. The van der Waals surface area contributed by atoms with E-state index >= 15 is 0 Å². The molecule has 5 amide bonds. The van der Waals surface area contributed by atoms with Crippen LogP contribution in [0, 0.1) is 0 Å². The Morgan fingerprint density at radius 3 is 2.57 bits per heavy atom. The Balaban J connectivity index is 1.09. The summed E-state index contributed by atoms with van der Waals surface area (Å²) >= 11 is 1.53. The maximum absolute atomic E-state index is 14.0. The molecule has 0 saturated carbocycles. The summed E-state index contributed by atoms with van der Waals surface area (Å²) in [6.07, 6.45) is 1.40. The highest BCUT2D eigenvalue weighted by atomic mass is 32.1. The first-order chi connectivity index (χ1) is 23.7. The second kappa shape index (κ2) is 13.2. The van der Waals surface area contributed by atoms with Crippen molar-refractivity contribution in [2.45, 2.75) is 55.8 Å². The number of nitrogens with zero attached hydrogens (tertiary/aromatic N) is 2. The van der Waals surface area contributed by atoms with Gasteiger partial charge in [-0.25, -0.2) is 0 Å². The summed E-state index contributed by atoms with van der Waals surface area (Å²) in [5.74, 6) is -1.98. The maximum Gasteiger partial charge on any atom is 0.254 e. The molecule has 13 heteroatoms. The van der Waals surface area contributed by atoms with Crippen LogP contribution in [0.1, 0.15) is 46.5 Å². The number of anilines is 1. The number of hydrogen-bond acceptors (Lipinski definition) is 8. The van der Waals surface area contributed by atoms with Gasteiger partial charge in [-0.05, 0) is 48.2 Å². The van der Waals surface area contributed by atoms with Crippen molar-refractivity contribution in [3.8, 4) is 0 Å². The van der Waals surface area contributed by atoms with Gasteiger partial charge in [-0.1, -0.05) is 53.7 Å². The molecule has 12 nitrogen and oxygen atoms in total. The summed E-state index contributed by atoms with van der Waals surface area (Å²) in [5.41, 5.74) is 7.03. The van der Waals surface area contributed by atoms with Crippen molar-refractivity contribution in [1.29, 1.82) is 0 Å². The number of carbonyl (C=O) groups excluding carboxylic acids is 5. The van der Waals surface area contributed by atoms with E-state index < -0.39 is 35.5 Å². The lowest BCUT2D eigenvalue weighted by Gasteiger charge is -2.25. The molecule has 4 heterocycles. The van der Waals surface area contributed by atoms with Crippen molar-refractivity contribution in [3.05, 3.63) is 101 Å². The van der Waals surface area contributed by atoms with E-state index in [1.807, 2.05) is 36.4 Å². The minimum Gasteiger partial charge on any atom is -0.387 e. The largest absolute Gasteiger partial charge is 0.387 e. The van der Waals surface area contributed by atoms with Gasteiger partial charge in [0.1, 0.15) is 18.1 Å². The highest BCUT2D eigenvalue weighted by Crippen LogP contribution is 2.40. The predicted molar refractivity (Wildman–Crippen MR) is 184 cm³/mol. The molecule has 2 saturated heterocycles. The molecule has 1 spiro atoms. The van der Waals surface area contributed by atoms with E-state index in [4.69, 9.17) is 10.6 Å². The van der Waals surface area contributed by atoms with E-state index in [1.165, 1.54) is 16.2 Å². The SMILES string of the molecule is NC(=O)C(Cc1cc2ccccc2s1)NC(=O)[C@@H]1CC2(CC(c3cccc(NC(=O)[C@@H]4CCC(=O)N4)c3)=NO2)CN1C(=O)c1ccccc1. The number of nitrogens with one attached hydrogen (secondary N) is 3. The molecule has 3 aromatic carbocycles. The predicted octanol–water partition coefficient (Wildman–Crippen LogP) is 3.11. The average Bonchev–Trinajstić information content (AvgIpc) is 3.91. The number of fused-ring (bicyclic) bond motifs is 1. The molecule has 3 aliphatic rings. The Morgan fingerprint density at radius 2 is 1.82 bits per heavy atom. The van der Waals surface area contributed by atoms with Crippen LogP contribution in [-0.4, -0.2) is 70.4 Å². The minimum atomic E-state index is -0.997. The fourth-order valence-electron chi connectivity index (χ4n) is 6.66. The Kier molecular flexibility index (Phi) is 8.59. The Labute approximate surface area is 285 Å². The van der Waals surface area contributed by atoms with Crippen molar-refractivity contribution in [2.24, 2.45) is 10.9 Å². The van der Waals surface area contributed by atoms with Crippen LogP contribution >= 0.6 is 11.3 Å². The fourth-order valence-corrected chi connectivity index (χ4v) is 7.77. The van der Waals surface area contributed by atoms with Gasteiger partial charge in [0.25, 0.3) is 5.91 Å². The molecule has 7 rings (SSSR count). The zero-order valence-electron chi connectivity index (χ0n) is 26.4. The molecule has 0 radical (unpaired) electrons. The van der Waals surface area contributed by atoms with E-state index in [0.717, 1.165) is 15.0 Å². The molecule has 2 fully saturated rings. The molecule has 0 aliphatic carbocycles. The van der Waals surface area contributed by atoms with Gasteiger partial charge < -0.3 is 31.4 Å². The van der Waals surface area contributed by atoms with Crippen LogP contribution in [-0.2, 0) is 30.4 Å².